The fraction of sp³-hybridized carbons (Fsp3) is 0.417. The Morgan fingerprint density at radius 1 is 1.44 bits per heavy atom. The highest BCUT2D eigenvalue weighted by atomic mass is 32.2. The molecule has 0 spiro atoms. The van der Waals surface area contributed by atoms with Gasteiger partial charge in [-0.25, -0.2) is 0 Å². The summed E-state index contributed by atoms with van der Waals surface area (Å²) in [5.74, 6) is 0.617. The fourth-order valence-corrected chi connectivity index (χ4v) is 2.80. The topological polar surface area (TPSA) is 66.9 Å². The standard InChI is InChI=1S/C12H16N2OS/c1-10-9-11(14)5-6-12(10)16(15)8-4-2-3-7-13/h5-6,9H,2-4,8,14H2,1H3. The van der Waals surface area contributed by atoms with Crippen LogP contribution in [-0.2, 0) is 10.8 Å². The van der Waals surface area contributed by atoms with Gasteiger partial charge < -0.3 is 5.73 Å². The summed E-state index contributed by atoms with van der Waals surface area (Å²) in [7, 11) is -0.972. The van der Waals surface area contributed by atoms with E-state index in [9.17, 15) is 4.21 Å². The molecular weight excluding hydrogens is 220 g/mol. The monoisotopic (exact) mass is 236 g/mol. The largest absolute Gasteiger partial charge is 0.399 e. The number of nitrogen functional groups attached to an aromatic ring is 1. The van der Waals surface area contributed by atoms with Gasteiger partial charge in [-0.05, 0) is 43.5 Å². The second-order valence-corrected chi connectivity index (χ2v) is 5.23. The maximum Gasteiger partial charge on any atom is 0.0621 e. The summed E-state index contributed by atoms with van der Waals surface area (Å²) in [6.45, 7) is 1.92. The quantitative estimate of drug-likeness (QED) is 0.630. The second-order valence-electron chi connectivity index (χ2n) is 3.69. The molecule has 0 amide bonds. The van der Waals surface area contributed by atoms with E-state index in [0.29, 0.717) is 17.9 Å². The molecule has 0 aliphatic heterocycles. The molecule has 1 rings (SSSR count). The highest BCUT2D eigenvalue weighted by Gasteiger charge is 2.06. The van der Waals surface area contributed by atoms with Crippen LogP contribution in [0.3, 0.4) is 0 Å². The van der Waals surface area contributed by atoms with Crippen molar-refractivity contribution >= 4 is 16.5 Å². The first kappa shape index (κ1) is 12.7. The van der Waals surface area contributed by atoms with Crippen molar-refractivity contribution in [1.82, 2.24) is 0 Å². The van der Waals surface area contributed by atoms with Crippen molar-refractivity contribution in [3.05, 3.63) is 23.8 Å². The van der Waals surface area contributed by atoms with E-state index in [2.05, 4.69) is 6.07 Å². The van der Waals surface area contributed by atoms with Gasteiger partial charge in [-0.2, -0.15) is 5.26 Å². The molecule has 0 fully saturated rings. The van der Waals surface area contributed by atoms with Crippen molar-refractivity contribution in [3.8, 4) is 6.07 Å². The third kappa shape index (κ3) is 3.67. The van der Waals surface area contributed by atoms with Crippen LogP contribution in [0.25, 0.3) is 0 Å². The molecule has 0 radical (unpaired) electrons. The van der Waals surface area contributed by atoms with Gasteiger partial charge in [-0.15, -0.1) is 0 Å². The number of aryl methyl sites for hydroxylation is 1. The number of unbranched alkanes of at least 4 members (excludes halogenated alkanes) is 2. The number of benzene rings is 1. The van der Waals surface area contributed by atoms with Crippen LogP contribution in [0.4, 0.5) is 5.69 Å². The van der Waals surface area contributed by atoms with Gasteiger partial charge in [0.2, 0.25) is 0 Å². The van der Waals surface area contributed by atoms with Crippen molar-refractivity contribution < 1.29 is 4.21 Å². The Morgan fingerprint density at radius 3 is 2.81 bits per heavy atom. The first-order valence-electron chi connectivity index (χ1n) is 5.26. The van der Waals surface area contributed by atoms with E-state index in [1.165, 1.54) is 0 Å². The van der Waals surface area contributed by atoms with E-state index in [4.69, 9.17) is 11.0 Å². The number of nitrogens with zero attached hydrogens (tertiary/aromatic N) is 1. The SMILES string of the molecule is Cc1cc(N)ccc1S(=O)CCCCC#N. The van der Waals surface area contributed by atoms with E-state index in [1.54, 1.807) is 6.07 Å². The Labute approximate surface area is 98.7 Å². The van der Waals surface area contributed by atoms with Gasteiger partial charge in [-0.1, -0.05) is 0 Å². The Balaban J connectivity index is 2.57. The van der Waals surface area contributed by atoms with E-state index >= 15 is 0 Å². The normalized spacial score (nSPS) is 12.0. The maximum atomic E-state index is 11.9. The number of hydrogen-bond acceptors (Lipinski definition) is 3. The van der Waals surface area contributed by atoms with Crippen LogP contribution >= 0.6 is 0 Å². The van der Waals surface area contributed by atoms with E-state index < -0.39 is 10.8 Å². The van der Waals surface area contributed by atoms with Gasteiger partial charge in [0.15, 0.2) is 0 Å². The zero-order chi connectivity index (χ0) is 12.0. The molecule has 4 heteroatoms. The molecule has 0 saturated carbocycles. The molecule has 16 heavy (non-hydrogen) atoms. The number of hydrogen-bond donors (Lipinski definition) is 1. The predicted molar refractivity (Wildman–Crippen MR) is 66.3 cm³/mol. The van der Waals surface area contributed by atoms with Crippen molar-refractivity contribution in [2.75, 3.05) is 11.5 Å². The molecule has 1 aromatic rings. The number of anilines is 1. The molecule has 1 unspecified atom stereocenters. The van der Waals surface area contributed by atoms with E-state index in [0.717, 1.165) is 23.3 Å². The predicted octanol–water partition coefficient (Wildman–Crippen LogP) is 2.38. The van der Waals surface area contributed by atoms with Gasteiger partial charge in [0.1, 0.15) is 0 Å². The van der Waals surface area contributed by atoms with Crippen LogP contribution in [0.15, 0.2) is 23.1 Å². The Hall–Kier alpha value is -1.34. The zero-order valence-electron chi connectivity index (χ0n) is 9.40. The average molecular weight is 236 g/mol. The molecule has 3 nitrogen and oxygen atoms in total. The van der Waals surface area contributed by atoms with E-state index in [1.807, 2.05) is 19.1 Å². The lowest BCUT2D eigenvalue weighted by Gasteiger charge is -2.06. The lowest BCUT2D eigenvalue weighted by Crippen LogP contribution is -2.01. The first-order chi connectivity index (χ1) is 7.65. The van der Waals surface area contributed by atoms with Gasteiger partial charge in [-0.3, -0.25) is 4.21 Å². The van der Waals surface area contributed by atoms with Crippen LogP contribution in [0.1, 0.15) is 24.8 Å². The lowest BCUT2D eigenvalue weighted by atomic mass is 10.2. The van der Waals surface area contributed by atoms with Crippen molar-refractivity contribution in [2.24, 2.45) is 0 Å². The van der Waals surface area contributed by atoms with Crippen LogP contribution in [-0.4, -0.2) is 9.96 Å². The van der Waals surface area contributed by atoms with Gasteiger partial charge in [0.25, 0.3) is 0 Å². The Kier molecular flexibility index (Phi) is 5.00. The molecule has 2 N–H and O–H groups in total. The first-order valence-corrected chi connectivity index (χ1v) is 6.58. The van der Waals surface area contributed by atoms with Crippen LogP contribution in [0.5, 0.6) is 0 Å². The minimum atomic E-state index is -0.972. The summed E-state index contributed by atoms with van der Waals surface area (Å²) in [4.78, 5) is 0.853. The molecule has 0 aliphatic rings. The minimum absolute atomic E-state index is 0.540. The van der Waals surface area contributed by atoms with Crippen molar-refractivity contribution in [2.45, 2.75) is 31.1 Å². The lowest BCUT2D eigenvalue weighted by molar-refractivity contribution is 0.678. The molecule has 0 saturated heterocycles. The molecule has 1 atom stereocenters. The molecule has 0 aromatic heterocycles. The van der Waals surface area contributed by atoms with Gasteiger partial charge in [0.05, 0.1) is 16.9 Å². The summed E-state index contributed by atoms with van der Waals surface area (Å²) >= 11 is 0. The summed E-state index contributed by atoms with van der Waals surface area (Å²) < 4.78 is 11.9. The molecular formula is C12H16N2OS. The molecule has 86 valence electrons. The Bertz CT molecular complexity index is 424. The number of rotatable bonds is 5. The van der Waals surface area contributed by atoms with E-state index in [-0.39, 0.29) is 0 Å². The van der Waals surface area contributed by atoms with Gasteiger partial charge in [0, 0.05) is 22.8 Å². The average Bonchev–Trinajstić information content (AvgIpc) is 2.24. The molecule has 0 bridgehead atoms. The van der Waals surface area contributed by atoms with Crippen LogP contribution in [0, 0.1) is 18.3 Å². The highest BCUT2D eigenvalue weighted by molar-refractivity contribution is 7.85. The second kappa shape index (κ2) is 6.29. The summed E-state index contributed by atoms with van der Waals surface area (Å²) in [5.41, 5.74) is 7.30. The van der Waals surface area contributed by atoms with Crippen LogP contribution in [0.2, 0.25) is 0 Å². The highest BCUT2D eigenvalue weighted by Crippen LogP contribution is 2.17. The van der Waals surface area contributed by atoms with Gasteiger partial charge >= 0.3 is 0 Å². The zero-order valence-corrected chi connectivity index (χ0v) is 10.2. The molecule has 1 aromatic carbocycles. The van der Waals surface area contributed by atoms with Crippen molar-refractivity contribution in [1.29, 1.82) is 5.26 Å². The molecule has 0 heterocycles. The third-order valence-corrected chi connectivity index (χ3v) is 3.92. The minimum Gasteiger partial charge on any atom is -0.399 e. The summed E-state index contributed by atoms with van der Waals surface area (Å²) in [5, 5.41) is 8.38. The summed E-state index contributed by atoms with van der Waals surface area (Å²) in [6.07, 6.45) is 2.18. The van der Waals surface area contributed by atoms with Crippen LogP contribution < -0.4 is 5.73 Å². The Morgan fingerprint density at radius 2 is 2.19 bits per heavy atom. The fourth-order valence-electron chi connectivity index (χ4n) is 1.48. The summed E-state index contributed by atoms with van der Waals surface area (Å²) in [6, 6.07) is 7.52. The maximum absolute atomic E-state index is 11.9. The number of nitriles is 1. The number of nitrogens with two attached hydrogens (primary N) is 1. The third-order valence-electron chi connectivity index (χ3n) is 2.31. The smallest absolute Gasteiger partial charge is 0.0621 e. The van der Waals surface area contributed by atoms with Crippen molar-refractivity contribution in [3.63, 3.8) is 0 Å². The molecule has 0 aliphatic carbocycles.